The molecule has 0 aliphatic rings. The third-order valence-electron chi connectivity index (χ3n) is 3.29. The first-order valence-corrected chi connectivity index (χ1v) is 7.51. The van der Waals surface area contributed by atoms with Crippen molar-refractivity contribution in [2.45, 2.75) is 6.18 Å². The average Bonchev–Trinajstić information content (AvgIpc) is 3.14. The van der Waals surface area contributed by atoms with Crippen LogP contribution in [0, 0.1) is 0 Å². The molecule has 0 saturated carbocycles. The van der Waals surface area contributed by atoms with Crippen molar-refractivity contribution in [3.8, 4) is 0 Å². The highest BCUT2D eigenvalue weighted by molar-refractivity contribution is 6.04. The van der Waals surface area contributed by atoms with Crippen LogP contribution in [0.4, 0.5) is 29.3 Å². The first-order chi connectivity index (χ1) is 12.7. The molecule has 0 spiro atoms. The number of hydrogen-bond acceptors (Lipinski definition) is 5. The molecule has 8 nitrogen and oxygen atoms in total. The fourth-order valence-electron chi connectivity index (χ4n) is 2.02. The van der Waals surface area contributed by atoms with Crippen LogP contribution in [0.15, 0.2) is 41.2 Å². The molecule has 11 heteroatoms. The average molecular weight is 384 g/mol. The number of anilines is 2. The Morgan fingerprint density at radius 2 is 1.89 bits per heavy atom. The van der Waals surface area contributed by atoms with E-state index in [1.54, 1.807) is 0 Å². The summed E-state index contributed by atoms with van der Waals surface area (Å²) in [4.78, 5) is 34.4. The lowest BCUT2D eigenvalue weighted by Gasteiger charge is -2.16. The number of alkyl halides is 3. The Kier molecular flexibility index (Phi) is 6.06. The maximum Gasteiger partial charge on any atom is 0.418 e. The van der Waals surface area contributed by atoms with Gasteiger partial charge in [-0.05, 0) is 24.3 Å². The van der Waals surface area contributed by atoms with E-state index < -0.39 is 36.1 Å². The van der Waals surface area contributed by atoms with Crippen molar-refractivity contribution in [1.82, 2.24) is 10.6 Å². The Hall–Kier alpha value is -3.50. The normalized spacial score (nSPS) is 10.8. The van der Waals surface area contributed by atoms with E-state index in [0.717, 1.165) is 18.4 Å². The number of carbonyl (C=O) groups is 3. The van der Waals surface area contributed by atoms with Crippen LogP contribution in [0.2, 0.25) is 0 Å². The molecule has 0 atom stereocenters. The number of amides is 4. The Bertz CT molecular complexity index is 835. The third kappa shape index (κ3) is 5.49. The molecule has 0 fully saturated rings. The molecule has 4 amide bonds. The van der Waals surface area contributed by atoms with E-state index in [0.29, 0.717) is 0 Å². The van der Waals surface area contributed by atoms with Crippen LogP contribution in [-0.2, 0) is 11.0 Å². The lowest BCUT2D eigenvalue weighted by atomic mass is 10.1. The minimum atomic E-state index is -4.74. The molecular weight excluding hydrogens is 369 g/mol. The first kappa shape index (κ1) is 19.8. The molecule has 1 heterocycles. The van der Waals surface area contributed by atoms with Crippen molar-refractivity contribution >= 4 is 29.2 Å². The van der Waals surface area contributed by atoms with Crippen LogP contribution < -0.4 is 21.3 Å². The number of benzene rings is 1. The SMILES string of the molecule is CNC(=O)NC(=O)CNc1ccc(NC(=O)c2ccoc2)cc1C(F)(F)F. The number of rotatable bonds is 5. The first-order valence-electron chi connectivity index (χ1n) is 7.51. The van der Waals surface area contributed by atoms with E-state index in [4.69, 9.17) is 4.42 Å². The Morgan fingerprint density at radius 3 is 2.48 bits per heavy atom. The maximum absolute atomic E-state index is 13.3. The van der Waals surface area contributed by atoms with Gasteiger partial charge in [0.05, 0.1) is 23.9 Å². The summed E-state index contributed by atoms with van der Waals surface area (Å²) in [5.74, 6) is -1.46. The standard InChI is InChI=1S/C16H15F3N4O4/c1-20-15(26)23-13(24)7-21-12-3-2-10(6-11(12)16(17,18)19)22-14(25)9-4-5-27-8-9/h2-6,8,21H,7H2,1H3,(H,22,25)(H2,20,23,24,26). The van der Waals surface area contributed by atoms with E-state index in [-0.39, 0.29) is 16.9 Å². The van der Waals surface area contributed by atoms with Crippen LogP contribution in [0.1, 0.15) is 15.9 Å². The molecule has 0 saturated heterocycles. The number of hydrogen-bond donors (Lipinski definition) is 4. The Labute approximate surface area is 151 Å². The van der Waals surface area contributed by atoms with Gasteiger partial charge in [0, 0.05) is 18.4 Å². The second kappa shape index (κ2) is 8.25. The molecule has 0 aliphatic heterocycles. The van der Waals surface area contributed by atoms with Gasteiger partial charge in [-0.3, -0.25) is 14.9 Å². The largest absolute Gasteiger partial charge is 0.472 e. The highest BCUT2D eigenvalue weighted by atomic mass is 19.4. The number of carbonyl (C=O) groups excluding carboxylic acids is 3. The number of urea groups is 1. The van der Waals surface area contributed by atoms with Crippen molar-refractivity contribution in [2.24, 2.45) is 0 Å². The Balaban J connectivity index is 2.14. The summed E-state index contributed by atoms with van der Waals surface area (Å²) in [6.45, 7) is -0.558. The van der Waals surface area contributed by atoms with E-state index in [9.17, 15) is 27.6 Å². The summed E-state index contributed by atoms with van der Waals surface area (Å²) in [6.07, 6.45) is -2.33. The molecule has 144 valence electrons. The molecule has 0 bridgehead atoms. The van der Waals surface area contributed by atoms with E-state index in [2.05, 4.69) is 16.0 Å². The van der Waals surface area contributed by atoms with Crippen molar-refractivity contribution in [2.75, 3.05) is 24.2 Å². The number of halogens is 3. The van der Waals surface area contributed by atoms with Gasteiger partial charge in [-0.1, -0.05) is 0 Å². The van der Waals surface area contributed by atoms with Crippen LogP contribution in [-0.4, -0.2) is 31.4 Å². The van der Waals surface area contributed by atoms with Crippen LogP contribution in [0.5, 0.6) is 0 Å². The quantitative estimate of drug-likeness (QED) is 0.633. The molecule has 4 N–H and O–H groups in total. The molecule has 1 aromatic carbocycles. The minimum absolute atomic E-state index is 0.0890. The van der Waals surface area contributed by atoms with Gasteiger partial charge < -0.3 is 20.4 Å². The summed E-state index contributed by atoms with van der Waals surface area (Å²) >= 11 is 0. The predicted octanol–water partition coefficient (Wildman–Crippen LogP) is 2.42. The lowest BCUT2D eigenvalue weighted by Crippen LogP contribution is -2.40. The van der Waals surface area contributed by atoms with Gasteiger partial charge in [0.25, 0.3) is 5.91 Å². The highest BCUT2D eigenvalue weighted by Gasteiger charge is 2.34. The molecule has 0 aliphatic carbocycles. The summed E-state index contributed by atoms with van der Waals surface area (Å²) in [7, 11) is 1.29. The predicted molar refractivity (Wildman–Crippen MR) is 89.2 cm³/mol. The van der Waals surface area contributed by atoms with Crippen molar-refractivity contribution < 1.29 is 32.0 Å². The minimum Gasteiger partial charge on any atom is -0.472 e. The van der Waals surface area contributed by atoms with E-state index in [1.165, 1.54) is 25.4 Å². The van der Waals surface area contributed by atoms with Gasteiger partial charge in [0.15, 0.2) is 0 Å². The Morgan fingerprint density at radius 1 is 1.15 bits per heavy atom. The molecule has 2 rings (SSSR count). The van der Waals surface area contributed by atoms with Gasteiger partial charge >= 0.3 is 12.2 Å². The van der Waals surface area contributed by atoms with Gasteiger partial charge in [-0.2, -0.15) is 13.2 Å². The molecule has 0 radical (unpaired) electrons. The molecule has 27 heavy (non-hydrogen) atoms. The van der Waals surface area contributed by atoms with Crippen LogP contribution >= 0.6 is 0 Å². The van der Waals surface area contributed by atoms with Gasteiger partial charge in [0.1, 0.15) is 6.26 Å². The molecule has 0 unspecified atom stereocenters. The van der Waals surface area contributed by atoms with Crippen molar-refractivity contribution in [1.29, 1.82) is 0 Å². The van der Waals surface area contributed by atoms with Crippen LogP contribution in [0.3, 0.4) is 0 Å². The molecule has 1 aromatic heterocycles. The summed E-state index contributed by atoms with van der Waals surface area (Å²) < 4.78 is 44.6. The second-order valence-corrected chi connectivity index (χ2v) is 5.21. The number of imide groups is 1. The summed E-state index contributed by atoms with van der Waals surface area (Å²) in [5.41, 5.74) is -1.40. The number of nitrogens with one attached hydrogen (secondary N) is 4. The zero-order valence-electron chi connectivity index (χ0n) is 13.9. The lowest BCUT2D eigenvalue weighted by molar-refractivity contribution is -0.137. The molecule has 2 aromatic rings. The van der Waals surface area contributed by atoms with Crippen molar-refractivity contribution in [3.05, 3.63) is 47.9 Å². The monoisotopic (exact) mass is 384 g/mol. The summed E-state index contributed by atoms with van der Waals surface area (Å²) in [5, 5.41) is 8.69. The van der Waals surface area contributed by atoms with Crippen molar-refractivity contribution in [3.63, 3.8) is 0 Å². The maximum atomic E-state index is 13.3. The summed E-state index contributed by atoms with van der Waals surface area (Å²) in [6, 6.07) is 3.63. The second-order valence-electron chi connectivity index (χ2n) is 5.21. The van der Waals surface area contributed by atoms with Crippen LogP contribution in [0.25, 0.3) is 0 Å². The number of furan rings is 1. The molecular formula is C16H15F3N4O4. The fraction of sp³-hybridized carbons (Fsp3) is 0.188. The smallest absolute Gasteiger partial charge is 0.418 e. The zero-order valence-corrected chi connectivity index (χ0v) is 13.9. The highest BCUT2D eigenvalue weighted by Crippen LogP contribution is 2.36. The zero-order chi connectivity index (χ0) is 20.0. The topological polar surface area (TPSA) is 112 Å². The van der Waals surface area contributed by atoms with Gasteiger partial charge in [-0.25, -0.2) is 4.79 Å². The third-order valence-corrected chi connectivity index (χ3v) is 3.29. The van der Waals surface area contributed by atoms with E-state index in [1.807, 2.05) is 5.32 Å². The van der Waals surface area contributed by atoms with E-state index >= 15 is 0 Å². The van der Waals surface area contributed by atoms with Gasteiger partial charge in [-0.15, -0.1) is 0 Å². The van der Waals surface area contributed by atoms with Gasteiger partial charge in [0.2, 0.25) is 5.91 Å². The fourth-order valence-corrected chi connectivity index (χ4v) is 2.02.